The Morgan fingerprint density at radius 1 is 1.08 bits per heavy atom. The summed E-state index contributed by atoms with van der Waals surface area (Å²) in [6.45, 7) is 4.05. The third-order valence-electron chi connectivity index (χ3n) is 3.99. The van der Waals surface area contributed by atoms with Crippen LogP contribution in [0.15, 0.2) is 52.7 Å². The summed E-state index contributed by atoms with van der Waals surface area (Å²) in [5, 5.41) is 12.3. The number of sulfonamides is 1. The molecule has 25 heavy (non-hydrogen) atoms. The molecule has 2 aromatic heterocycles. The molecule has 2 N–H and O–H groups in total. The average Bonchev–Trinajstić information content (AvgIpc) is 3.26. The zero-order valence-electron chi connectivity index (χ0n) is 13.9. The zero-order valence-corrected chi connectivity index (χ0v) is 16.3. The largest absolute Gasteiger partial charge is 0.382 e. The Bertz CT molecular complexity index is 959. The van der Waals surface area contributed by atoms with Crippen molar-refractivity contribution in [1.82, 2.24) is 4.72 Å². The van der Waals surface area contributed by atoms with Gasteiger partial charge < -0.3 is 5.11 Å². The van der Waals surface area contributed by atoms with Crippen LogP contribution in [0.4, 0.5) is 0 Å². The Morgan fingerprint density at radius 2 is 1.88 bits per heavy atom. The second-order valence-corrected chi connectivity index (χ2v) is 9.74. The number of thiophene rings is 2. The van der Waals surface area contributed by atoms with Crippen molar-refractivity contribution in [3.8, 4) is 0 Å². The lowest BCUT2D eigenvalue weighted by atomic mass is 10.1. The van der Waals surface area contributed by atoms with Crippen molar-refractivity contribution >= 4 is 32.7 Å². The first-order chi connectivity index (χ1) is 11.9. The standard InChI is InChI=1S/C18H19NO3S3/c1-12-5-7-15(10-13(12)2)25(21,22)19-11-14-6-8-17(24-14)18(20)16-4-3-9-23-16/h3-10,18-20H,11H2,1-2H3/t18-/m1/s1. The first kappa shape index (κ1) is 18.3. The van der Waals surface area contributed by atoms with Gasteiger partial charge in [0.1, 0.15) is 6.10 Å². The van der Waals surface area contributed by atoms with Crippen LogP contribution >= 0.6 is 22.7 Å². The maximum Gasteiger partial charge on any atom is 0.240 e. The molecule has 4 nitrogen and oxygen atoms in total. The summed E-state index contributed by atoms with van der Waals surface area (Å²) in [6.07, 6.45) is -0.657. The molecule has 0 amide bonds. The molecule has 0 unspecified atom stereocenters. The van der Waals surface area contributed by atoms with E-state index >= 15 is 0 Å². The second-order valence-electron chi connectivity index (χ2n) is 5.79. The molecule has 3 rings (SSSR count). The quantitative estimate of drug-likeness (QED) is 0.665. The van der Waals surface area contributed by atoms with Gasteiger partial charge in [-0.2, -0.15) is 0 Å². The van der Waals surface area contributed by atoms with Gasteiger partial charge in [0.15, 0.2) is 0 Å². The molecule has 0 spiro atoms. The summed E-state index contributed by atoms with van der Waals surface area (Å²) < 4.78 is 27.5. The predicted molar refractivity (Wildman–Crippen MR) is 103 cm³/mol. The lowest BCUT2D eigenvalue weighted by Gasteiger charge is -2.08. The van der Waals surface area contributed by atoms with E-state index in [2.05, 4.69) is 4.72 Å². The van der Waals surface area contributed by atoms with Gasteiger partial charge in [-0.05, 0) is 60.7 Å². The van der Waals surface area contributed by atoms with Crippen molar-refractivity contribution in [2.45, 2.75) is 31.4 Å². The summed E-state index contributed by atoms with van der Waals surface area (Å²) in [5.74, 6) is 0. The molecule has 132 valence electrons. The molecular weight excluding hydrogens is 374 g/mol. The molecule has 1 aromatic carbocycles. The summed E-state index contributed by atoms with van der Waals surface area (Å²) in [5.41, 5.74) is 2.00. The van der Waals surface area contributed by atoms with Gasteiger partial charge in [-0.1, -0.05) is 12.1 Å². The minimum absolute atomic E-state index is 0.205. The first-order valence-corrected chi connectivity index (χ1v) is 10.9. The summed E-state index contributed by atoms with van der Waals surface area (Å²) >= 11 is 2.91. The van der Waals surface area contributed by atoms with Crippen LogP contribution in [0.3, 0.4) is 0 Å². The van der Waals surface area contributed by atoms with E-state index in [0.717, 1.165) is 25.8 Å². The maximum absolute atomic E-state index is 12.4. The number of nitrogens with one attached hydrogen (secondary N) is 1. The highest BCUT2D eigenvalue weighted by molar-refractivity contribution is 7.89. The maximum atomic E-state index is 12.4. The topological polar surface area (TPSA) is 66.4 Å². The van der Waals surface area contributed by atoms with E-state index in [1.54, 1.807) is 12.1 Å². The fraction of sp³-hybridized carbons (Fsp3) is 0.222. The average molecular weight is 394 g/mol. The van der Waals surface area contributed by atoms with Crippen molar-refractivity contribution in [3.63, 3.8) is 0 Å². The smallest absolute Gasteiger partial charge is 0.240 e. The van der Waals surface area contributed by atoms with Crippen LogP contribution in [-0.2, 0) is 16.6 Å². The van der Waals surface area contributed by atoms with Crippen LogP contribution in [0.2, 0.25) is 0 Å². The van der Waals surface area contributed by atoms with Crippen LogP contribution in [0.25, 0.3) is 0 Å². The lowest BCUT2D eigenvalue weighted by Crippen LogP contribution is -2.22. The Morgan fingerprint density at radius 3 is 2.56 bits per heavy atom. The van der Waals surface area contributed by atoms with Gasteiger partial charge in [-0.15, -0.1) is 22.7 Å². The van der Waals surface area contributed by atoms with E-state index in [1.807, 2.05) is 49.6 Å². The van der Waals surface area contributed by atoms with E-state index in [9.17, 15) is 13.5 Å². The summed E-state index contributed by atoms with van der Waals surface area (Å²) in [7, 11) is -3.56. The van der Waals surface area contributed by atoms with E-state index in [1.165, 1.54) is 22.7 Å². The van der Waals surface area contributed by atoms with Gasteiger partial charge in [0.25, 0.3) is 0 Å². The molecule has 0 bridgehead atoms. The van der Waals surface area contributed by atoms with Gasteiger partial charge in [0, 0.05) is 21.2 Å². The van der Waals surface area contributed by atoms with E-state index in [0.29, 0.717) is 0 Å². The molecule has 0 saturated carbocycles. The van der Waals surface area contributed by atoms with Gasteiger partial charge in [-0.3, -0.25) is 0 Å². The number of aryl methyl sites for hydroxylation is 2. The second kappa shape index (κ2) is 7.39. The lowest BCUT2D eigenvalue weighted by molar-refractivity contribution is 0.228. The van der Waals surface area contributed by atoms with Crippen molar-refractivity contribution in [3.05, 3.63) is 73.6 Å². The highest BCUT2D eigenvalue weighted by Gasteiger charge is 2.17. The Kier molecular flexibility index (Phi) is 5.41. The molecule has 0 saturated heterocycles. The zero-order chi connectivity index (χ0) is 18.0. The number of hydrogen-bond acceptors (Lipinski definition) is 5. The molecule has 0 aliphatic carbocycles. The van der Waals surface area contributed by atoms with Crippen LogP contribution in [-0.4, -0.2) is 13.5 Å². The molecule has 0 aliphatic heterocycles. The van der Waals surface area contributed by atoms with Crippen molar-refractivity contribution in [2.75, 3.05) is 0 Å². The number of aliphatic hydroxyl groups is 1. The number of rotatable bonds is 6. The molecule has 0 fully saturated rings. The Labute approximate surface area is 155 Å². The van der Waals surface area contributed by atoms with E-state index < -0.39 is 16.1 Å². The van der Waals surface area contributed by atoms with Crippen molar-refractivity contribution < 1.29 is 13.5 Å². The van der Waals surface area contributed by atoms with Gasteiger partial charge in [-0.25, -0.2) is 13.1 Å². The number of aliphatic hydroxyl groups excluding tert-OH is 1. The van der Waals surface area contributed by atoms with Gasteiger partial charge in [0.2, 0.25) is 10.0 Å². The third-order valence-corrected chi connectivity index (χ3v) is 7.45. The van der Waals surface area contributed by atoms with Crippen LogP contribution in [0, 0.1) is 13.8 Å². The van der Waals surface area contributed by atoms with Gasteiger partial charge >= 0.3 is 0 Å². The van der Waals surface area contributed by atoms with Crippen LogP contribution < -0.4 is 4.72 Å². The minimum atomic E-state index is -3.56. The Hall–Kier alpha value is -1.51. The van der Waals surface area contributed by atoms with Crippen LogP contribution in [0.1, 0.15) is 31.9 Å². The molecular formula is C18H19NO3S3. The normalized spacial score (nSPS) is 13.1. The highest BCUT2D eigenvalue weighted by Crippen LogP contribution is 2.31. The van der Waals surface area contributed by atoms with E-state index in [-0.39, 0.29) is 11.4 Å². The van der Waals surface area contributed by atoms with Crippen molar-refractivity contribution in [1.29, 1.82) is 0 Å². The molecule has 0 aliphatic rings. The fourth-order valence-corrected chi connectivity index (χ4v) is 5.30. The summed E-state index contributed by atoms with van der Waals surface area (Å²) in [6, 6.07) is 12.6. The Balaban J connectivity index is 1.70. The summed E-state index contributed by atoms with van der Waals surface area (Å²) in [4.78, 5) is 2.82. The monoisotopic (exact) mass is 393 g/mol. The molecule has 2 heterocycles. The number of hydrogen-bond donors (Lipinski definition) is 2. The molecule has 3 aromatic rings. The van der Waals surface area contributed by atoms with Crippen molar-refractivity contribution in [2.24, 2.45) is 0 Å². The molecule has 0 radical (unpaired) electrons. The SMILES string of the molecule is Cc1ccc(S(=O)(=O)NCc2ccc([C@H](O)c3cccs3)s2)cc1C. The highest BCUT2D eigenvalue weighted by atomic mass is 32.2. The van der Waals surface area contributed by atoms with Gasteiger partial charge in [0.05, 0.1) is 4.90 Å². The first-order valence-electron chi connectivity index (χ1n) is 7.74. The molecule has 1 atom stereocenters. The van der Waals surface area contributed by atoms with Crippen LogP contribution in [0.5, 0.6) is 0 Å². The third kappa shape index (κ3) is 4.19. The van der Waals surface area contributed by atoms with E-state index in [4.69, 9.17) is 0 Å². The fourth-order valence-electron chi connectivity index (χ4n) is 2.35. The predicted octanol–water partition coefficient (Wildman–Crippen LogP) is 3.99. The number of benzene rings is 1. The minimum Gasteiger partial charge on any atom is -0.382 e. The molecule has 7 heteroatoms.